The van der Waals surface area contributed by atoms with Gasteiger partial charge in [-0.1, -0.05) is 175 Å². The fourth-order valence-corrected chi connectivity index (χ4v) is 10.1. The summed E-state index contributed by atoms with van der Waals surface area (Å²) in [4.78, 5) is 4.97. The third kappa shape index (κ3) is 7.53. The molecule has 0 spiro atoms. The molecule has 0 bridgehead atoms. The third-order valence-electron chi connectivity index (χ3n) is 13.3. The van der Waals surface area contributed by atoms with Crippen molar-refractivity contribution in [1.29, 1.82) is 0 Å². The van der Waals surface area contributed by atoms with Crippen molar-refractivity contribution in [2.24, 2.45) is 0 Å². The SMILES string of the molecule is [2H]c1c([2H])c([2H])c(-c2cccc(-c3c([2H])c([2H])c([2H])c([2H])c3[2H])c2-[n+]2[c-]n(-c3[c-]c(Oc4[c-]c5c(cc4)c4cc(-n6c7ccccc7c7ccccc76)ccc4n5-c4cc(C([2H])([2H])[2H])c(-c5ccccc5)cn4)ccc3)c3ccccc32)c([2H])c1[2H].[Pt]. The van der Waals surface area contributed by atoms with Crippen LogP contribution >= 0.6 is 0 Å². The molecule has 0 radical (unpaired) electrons. The maximum Gasteiger partial charge on any atom is 0.268 e. The molecule has 74 heavy (non-hydrogen) atoms. The zero-order valence-electron chi connectivity index (χ0n) is 51.8. The number of imidazole rings is 1. The number of aryl methyl sites for hydroxylation is 1. The standard InChI is InChI=1S/C67H43N5O.Pt/c1-45-39-66(68-43-59(45)48-23-9-4-10-24-48)72-62-38-35-50(71-60-31-13-11-27-55(60)56-28-12-14-32-61(56)71)41-58(62)57-37-36-52(42-65(57)72)73-51-26-17-25-49(40-51)69-44-70(64-34-16-15-33-63(64)69)67-53(46-19-5-2-6-20-46)29-18-30-54(67)47-21-7-3-8-22-47;/h2-39,41,43H,1H3;/q-2;/i1D3,2D,3D,5D,6D,7D,8D,19D,20D,21D,22D;. The van der Waals surface area contributed by atoms with Gasteiger partial charge in [0.1, 0.15) is 5.82 Å². The van der Waals surface area contributed by atoms with Gasteiger partial charge in [0.15, 0.2) is 0 Å². The van der Waals surface area contributed by atoms with Crippen molar-refractivity contribution >= 4 is 54.6 Å². The van der Waals surface area contributed by atoms with E-state index in [2.05, 4.69) is 53.4 Å². The van der Waals surface area contributed by atoms with Crippen molar-refractivity contribution in [2.75, 3.05) is 0 Å². The Balaban J connectivity index is 0.00000700. The smallest absolute Gasteiger partial charge is 0.268 e. The van der Waals surface area contributed by atoms with Gasteiger partial charge in [-0.25, -0.2) is 4.98 Å². The Morgan fingerprint density at radius 1 is 0.514 bits per heavy atom. The van der Waals surface area contributed by atoms with Crippen LogP contribution in [0.2, 0.25) is 0 Å². The van der Waals surface area contributed by atoms with Gasteiger partial charge in [0.2, 0.25) is 0 Å². The molecule has 7 heteroatoms. The van der Waals surface area contributed by atoms with E-state index in [1.165, 1.54) is 0 Å². The second-order valence-corrected chi connectivity index (χ2v) is 17.4. The molecule has 0 saturated carbocycles. The van der Waals surface area contributed by atoms with Gasteiger partial charge in [0.05, 0.1) is 41.5 Å². The van der Waals surface area contributed by atoms with Crippen LogP contribution in [-0.4, -0.2) is 18.7 Å². The average molecular weight is 1140 g/mol. The minimum Gasteiger partial charge on any atom is -0.510 e. The van der Waals surface area contributed by atoms with Gasteiger partial charge in [-0.3, -0.25) is 4.57 Å². The molecule has 0 aliphatic heterocycles. The number of hydrogen-bond acceptors (Lipinski definition) is 2. The van der Waals surface area contributed by atoms with E-state index in [0.717, 1.165) is 43.8 Å². The molecule has 0 amide bonds. The molecule has 10 aromatic carbocycles. The first-order chi connectivity index (χ1) is 41.5. The van der Waals surface area contributed by atoms with Crippen LogP contribution in [0.15, 0.2) is 243 Å². The molecule has 0 atom stereocenters. The summed E-state index contributed by atoms with van der Waals surface area (Å²) in [5, 5.41) is 3.87. The summed E-state index contributed by atoms with van der Waals surface area (Å²) < 4.78 is 128. The van der Waals surface area contributed by atoms with Crippen molar-refractivity contribution in [3.63, 3.8) is 0 Å². The van der Waals surface area contributed by atoms with Gasteiger partial charge in [-0.15, -0.1) is 29.7 Å². The molecule has 0 saturated heterocycles. The molecule has 14 rings (SSSR count). The third-order valence-corrected chi connectivity index (χ3v) is 13.3. The molecule has 0 unspecified atom stereocenters. The van der Waals surface area contributed by atoms with Gasteiger partial charge in [0.25, 0.3) is 6.33 Å². The van der Waals surface area contributed by atoms with E-state index in [0.29, 0.717) is 44.9 Å². The summed E-state index contributed by atoms with van der Waals surface area (Å²) in [5.41, 5.74) is 7.09. The maximum absolute atomic E-state index is 9.08. The van der Waals surface area contributed by atoms with Crippen molar-refractivity contribution < 1.29 is 48.2 Å². The van der Waals surface area contributed by atoms with E-state index >= 15 is 0 Å². The second-order valence-electron chi connectivity index (χ2n) is 17.4. The van der Waals surface area contributed by atoms with Crippen LogP contribution in [0.4, 0.5) is 0 Å². The molecule has 14 aromatic rings. The average Bonchev–Trinajstić information content (AvgIpc) is 1.83. The number of rotatable bonds is 9. The Bertz CT molecular complexity index is 4970. The number of aromatic nitrogens is 5. The van der Waals surface area contributed by atoms with E-state index in [4.69, 9.17) is 27.5 Å². The van der Waals surface area contributed by atoms with Crippen molar-refractivity contribution in [2.45, 2.75) is 6.85 Å². The predicted molar refractivity (Wildman–Crippen MR) is 295 cm³/mol. The zero-order valence-corrected chi connectivity index (χ0v) is 41.1. The number of hydrogen-bond donors (Lipinski definition) is 0. The van der Waals surface area contributed by atoms with Crippen LogP contribution < -0.4 is 9.30 Å². The van der Waals surface area contributed by atoms with Crippen LogP contribution in [0.3, 0.4) is 0 Å². The molecule has 0 fully saturated rings. The molecular formula is C67H43N5OPt-2. The fourth-order valence-electron chi connectivity index (χ4n) is 10.1. The summed E-state index contributed by atoms with van der Waals surface area (Å²) >= 11 is 0. The van der Waals surface area contributed by atoms with E-state index in [1.807, 2.05) is 89.5 Å². The molecular weight excluding hydrogens is 1090 g/mol. The first kappa shape index (κ1) is 32.8. The topological polar surface area (TPSA) is 40.8 Å². The molecule has 354 valence electrons. The summed E-state index contributed by atoms with van der Waals surface area (Å²) in [6, 6.07) is 56.0. The van der Waals surface area contributed by atoms with Crippen LogP contribution in [0.25, 0.3) is 111 Å². The van der Waals surface area contributed by atoms with Crippen molar-refractivity contribution in [1.82, 2.24) is 18.7 Å². The summed E-state index contributed by atoms with van der Waals surface area (Å²) in [6.45, 7) is -2.51. The van der Waals surface area contributed by atoms with E-state index in [-0.39, 0.29) is 60.3 Å². The Morgan fingerprint density at radius 3 is 1.86 bits per heavy atom. The Morgan fingerprint density at radius 2 is 1.15 bits per heavy atom. The molecule has 4 heterocycles. The molecule has 0 aliphatic rings. The predicted octanol–water partition coefficient (Wildman–Crippen LogP) is 16.0. The quantitative estimate of drug-likeness (QED) is 0.107. The minimum atomic E-state index is -2.51. The first-order valence-corrected chi connectivity index (χ1v) is 23.5. The van der Waals surface area contributed by atoms with Gasteiger partial charge in [0, 0.05) is 70.4 Å². The Labute approximate surface area is 460 Å². The fraction of sp³-hybridized carbons (Fsp3) is 0.0149. The first-order valence-electron chi connectivity index (χ1n) is 30.0. The molecule has 0 aliphatic carbocycles. The number of nitrogens with zero attached hydrogens (tertiary/aromatic N) is 5. The second kappa shape index (κ2) is 18.5. The molecule has 6 nitrogen and oxygen atoms in total. The van der Waals surface area contributed by atoms with Gasteiger partial charge < -0.3 is 18.4 Å². The Kier molecular flexibility index (Phi) is 8.20. The van der Waals surface area contributed by atoms with Gasteiger partial charge >= 0.3 is 0 Å². The number of para-hydroxylation sites is 5. The maximum atomic E-state index is 9.08. The van der Waals surface area contributed by atoms with E-state index in [1.54, 1.807) is 76.0 Å². The summed E-state index contributed by atoms with van der Waals surface area (Å²) in [6.07, 6.45) is 5.01. The number of benzene rings is 10. The van der Waals surface area contributed by atoms with E-state index in [9.17, 15) is 0 Å². The number of pyridine rings is 1. The molecule has 0 N–H and O–H groups in total. The zero-order chi connectivity index (χ0) is 59.6. The van der Waals surface area contributed by atoms with Crippen molar-refractivity contribution in [3.05, 3.63) is 267 Å². The summed E-state index contributed by atoms with van der Waals surface area (Å²) in [7, 11) is 0. The monoisotopic (exact) mass is 1140 g/mol. The van der Waals surface area contributed by atoms with Crippen LogP contribution in [0.1, 0.15) is 23.4 Å². The Hall–Kier alpha value is -9.09. The van der Waals surface area contributed by atoms with Crippen LogP contribution in [-0.2, 0) is 21.1 Å². The summed E-state index contributed by atoms with van der Waals surface area (Å²) in [5.74, 6) is 0.914. The minimum absolute atomic E-state index is 0. The normalized spacial score (nSPS) is 14.1. The van der Waals surface area contributed by atoms with Gasteiger partial charge in [-0.05, 0) is 87.7 Å². The van der Waals surface area contributed by atoms with E-state index < -0.39 is 67.3 Å². The largest absolute Gasteiger partial charge is 0.510 e. The number of fused-ring (bicyclic) bond motifs is 7. The van der Waals surface area contributed by atoms with Crippen molar-refractivity contribution in [3.8, 4) is 67.8 Å². The van der Waals surface area contributed by atoms with Crippen LogP contribution in [0, 0.1) is 25.3 Å². The number of ether oxygens (including phenoxy) is 1. The van der Waals surface area contributed by atoms with Crippen LogP contribution in [0.5, 0.6) is 11.5 Å². The van der Waals surface area contributed by atoms with Gasteiger partial charge in [-0.2, -0.15) is 18.2 Å². The molecule has 4 aromatic heterocycles.